The van der Waals surface area contributed by atoms with Gasteiger partial charge in [-0.25, -0.2) is 0 Å². The Kier molecular flexibility index (Phi) is 7.06. The zero-order chi connectivity index (χ0) is 17.1. The van der Waals surface area contributed by atoms with Gasteiger partial charge in [0.15, 0.2) is 0 Å². The van der Waals surface area contributed by atoms with Crippen molar-refractivity contribution in [3.05, 3.63) is 69.8 Å². The molecule has 25 heavy (non-hydrogen) atoms. The van der Waals surface area contributed by atoms with Gasteiger partial charge < -0.3 is 10.1 Å². The van der Waals surface area contributed by atoms with Crippen LogP contribution in [0, 0.1) is 27.7 Å². The van der Waals surface area contributed by atoms with Crippen molar-refractivity contribution < 1.29 is 4.74 Å². The van der Waals surface area contributed by atoms with Crippen LogP contribution in [0.15, 0.2) is 36.4 Å². The van der Waals surface area contributed by atoms with Crippen molar-refractivity contribution in [2.75, 3.05) is 13.2 Å². The highest BCUT2D eigenvalue weighted by atomic mass is 35.5. The lowest BCUT2D eigenvalue weighted by Crippen LogP contribution is -2.28. The summed E-state index contributed by atoms with van der Waals surface area (Å²) in [4.78, 5) is 0. The number of nitrogens with one attached hydrogen (secondary N) is 1. The van der Waals surface area contributed by atoms with Gasteiger partial charge in [-0.1, -0.05) is 58.7 Å². The Morgan fingerprint density at radius 1 is 0.880 bits per heavy atom. The van der Waals surface area contributed by atoms with Crippen molar-refractivity contribution in [3.8, 4) is 0 Å². The van der Waals surface area contributed by atoms with E-state index in [1.807, 2.05) is 0 Å². The summed E-state index contributed by atoms with van der Waals surface area (Å²) in [6.07, 6.45) is 2.47. The monoisotopic (exact) mass is 359 g/mol. The van der Waals surface area contributed by atoms with E-state index < -0.39 is 0 Å². The van der Waals surface area contributed by atoms with E-state index in [9.17, 15) is 0 Å². The first-order chi connectivity index (χ1) is 11.5. The van der Waals surface area contributed by atoms with Crippen molar-refractivity contribution in [2.24, 2.45) is 0 Å². The van der Waals surface area contributed by atoms with Crippen LogP contribution in [0.5, 0.6) is 0 Å². The van der Waals surface area contributed by atoms with Gasteiger partial charge in [-0.2, -0.15) is 0 Å². The van der Waals surface area contributed by atoms with Crippen LogP contribution >= 0.6 is 12.4 Å². The standard InChI is InChI=1S/C22H29NO.ClH/c1-15-8-16(2)11-19(10-15)22(24-14-21-6-5-7-23-21)20-12-17(3)9-18(4)13-20;/h8-13,21-23H,5-7,14H2,1-4H3;1H/t21-;/m1./s1. The average molecular weight is 360 g/mol. The highest BCUT2D eigenvalue weighted by Gasteiger charge is 2.20. The predicted molar refractivity (Wildman–Crippen MR) is 108 cm³/mol. The van der Waals surface area contributed by atoms with Crippen LogP contribution in [0.25, 0.3) is 0 Å². The summed E-state index contributed by atoms with van der Waals surface area (Å²) >= 11 is 0. The maximum atomic E-state index is 6.46. The number of aryl methyl sites for hydroxylation is 4. The first-order valence-electron chi connectivity index (χ1n) is 9.02. The fraction of sp³-hybridized carbons (Fsp3) is 0.455. The zero-order valence-corrected chi connectivity index (χ0v) is 16.6. The summed E-state index contributed by atoms with van der Waals surface area (Å²) in [6.45, 7) is 10.5. The van der Waals surface area contributed by atoms with Gasteiger partial charge in [0.05, 0.1) is 6.61 Å². The van der Waals surface area contributed by atoms with Crippen molar-refractivity contribution >= 4 is 12.4 Å². The molecule has 2 nitrogen and oxygen atoms in total. The van der Waals surface area contributed by atoms with Gasteiger partial charge in [0.1, 0.15) is 6.10 Å². The van der Waals surface area contributed by atoms with Crippen molar-refractivity contribution in [2.45, 2.75) is 52.7 Å². The van der Waals surface area contributed by atoms with Crippen molar-refractivity contribution in [1.29, 1.82) is 0 Å². The minimum absolute atomic E-state index is 0. The van der Waals surface area contributed by atoms with Crippen LogP contribution in [-0.4, -0.2) is 19.2 Å². The number of hydrogen-bond acceptors (Lipinski definition) is 2. The van der Waals surface area contributed by atoms with E-state index in [0.717, 1.165) is 13.2 Å². The van der Waals surface area contributed by atoms with Crippen LogP contribution < -0.4 is 5.32 Å². The Balaban J connectivity index is 0.00000225. The molecule has 0 saturated carbocycles. The molecule has 0 aromatic heterocycles. The van der Waals surface area contributed by atoms with E-state index in [-0.39, 0.29) is 18.5 Å². The molecule has 2 aromatic rings. The number of benzene rings is 2. The first kappa shape index (κ1) is 20.0. The van der Waals surface area contributed by atoms with Gasteiger partial charge in [-0.3, -0.25) is 0 Å². The van der Waals surface area contributed by atoms with Gasteiger partial charge in [-0.05, 0) is 58.2 Å². The van der Waals surface area contributed by atoms with Crippen molar-refractivity contribution in [3.63, 3.8) is 0 Å². The molecule has 3 rings (SSSR count). The summed E-state index contributed by atoms with van der Waals surface area (Å²) in [5.41, 5.74) is 7.69. The van der Waals surface area contributed by atoms with E-state index in [2.05, 4.69) is 69.4 Å². The van der Waals surface area contributed by atoms with Crippen LogP contribution in [-0.2, 0) is 4.74 Å². The van der Waals surface area contributed by atoms with Gasteiger partial charge in [0.2, 0.25) is 0 Å². The highest BCUT2D eigenvalue weighted by Crippen LogP contribution is 2.29. The molecule has 1 N–H and O–H groups in total. The van der Waals surface area contributed by atoms with E-state index in [4.69, 9.17) is 4.74 Å². The Labute approximate surface area is 158 Å². The second kappa shape index (κ2) is 8.84. The second-order valence-electron chi connectivity index (χ2n) is 7.35. The number of ether oxygens (including phenoxy) is 1. The first-order valence-corrected chi connectivity index (χ1v) is 9.02. The number of rotatable bonds is 5. The van der Waals surface area contributed by atoms with E-state index >= 15 is 0 Å². The summed E-state index contributed by atoms with van der Waals surface area (Å²) in [5, 5.41) is 3.54. The molecule has 0 radical (unpaired) electrons. The Hall–Kier alpha value is -1.35. The lowest BCUT2D eigenvalue weighted by atomic mass is 9.95. The van der Waals surface area contributed by atoms with E-state index in [0.29, 0.717) is 6.04 Å². The molecule has 1 aliphatic heterocycles. The quantitative estimate of drug-likeness (QED) is 0.792. The lowest BCUT2D eigenvalue weighted by Gasteiger charge is -2.23. The van der Waals surface area contributed by atoms with Gasteiger partial charge in [0.25, 0.3) is 0 Å². The van der Waals surface area contributed by atoms with Crippen molar-refractivity contribution in [1.82, 2.24) is 5.32 Å². The number of hydrogen-bond donors (Lipinski definition) is 1. The zero-order valence-electron chi connectivity index (χ0n) is 15.8. The minimum Gasteiger partial charge on any atom is -0.367 e. The maximum absolute atomic E-state index is 6.46. The lowest BCUT2D eigenvalue weighted by molar-refractivity contribution is 0.0657. The summed E-state index contributed by atoms with van der Waals surface area (Å²) in [5.74, 6) is 0. The van der Waals surface area contributed by atoms with Gasteiger partial charge in [-0.15, -0.1) is 12.4 Å². The third-order valence-corrected chi connectivity index (χ3v) is 4.72. The molecule has 1 heterocycles. The summed E-state index contributed by atoms with van der Waals surface area (Å²) in [7, 11) is 0. The largest absolute Gasteiger partial charge is 0.367 e. The van der Waals surface area contributed by atoms with Gasteiger partial charge in [0, 0.05) is 6.04 Å². The fourth-order valence-electron chi connectivity index (χ4n) is 3.82. The SMILES string of the molecule is Cc1cc(C)cc(C(OC[C@H]2CCCN2)c2cc(C)cc(C)c2)c1.Cl. The molecule has 0 spiro atoms. The Morgan fingerprint density at radius 3 is 1.76 bits per heavy atom. The molecule has 0 amide bonds. The molecule has 1 saturated heterocycles. The van der Waals surface area contributed by atoms with Crippen LogP contribution in [0.3, 0.4) is 0 Å². The topological polar surface area (TPSA) is 21.3 Å². The summed E-state index contributed by atoms with van der Waals surface area (Å²) in [6, 6.07) is 14.0. The Bertz CT molecular complexity index is 615. The van der Waals surface area contributed by atoms with Crippen LogP contribution in [0.1, 0.15) is 52.3 Å². The van der Waals surface area contributed by atoms with Crippen LogP contribution in [0.4, 0.5) is 0 Å². The molecular weight excluding hydrogens is 330 g/mol. The third kappa shape index (κ3) is 5.31. The Morgan fingerprint density at radius 2 is 1.36 bits per heavy atom. The molecule has 136 valence electrons. The molecular formula is C22H30ClNO. The van der Waals surface area contributed by atoms with E-state index in [1.165, 1.54) is 46.2 Å². The molecule has 1 aliphatic rings. The third-order valence-electron chi connectivity index (χ3n) is 4.72. The maximum Gasteiger partial charge on any atom is 0.108 e. The predicted octanol–water partition coefficient (Wildman–Crippen LogP) is 5.20. The highest BCUT2D eigenvalue weighted by molar-refractivity contribution is 5.85. The molecule has 0 unspecified atom stereocenters. The smallest absolute Gasteiger partial charge is 0.108 e. The molecule has 2 aromatic carbocycles. The average Bonchev–Trinajstić information content (AvgIpc) is 2.99. The normalized spacial score (nSPS) is 16.9. The molecule has 3 heteroatoms. The number of halogens is 1. The van der Waals surface area contributed by atoms with Gasteiger partial charge >= 0.3 is 0 Å². The molecule has 1 fully saturated rings. The fourth-order valence-corrected chi connectivity index (χ4v) is 3.82. The molecule has 0 aliphatic carbocycles. The minimum atomic E-state index is 0. The second-order valence-corrected chi connectivity index (χ2v) is 7.35. The summed E-state index contributed by atoms with van der Waals surface area (Å²) < 4.78 is 6.46. The molecule has 0 bridgehead atoms. The van der Waals surface area contributed by atoms with Crippen LogP contribution in [0.2, 0.25) is 0 Å². The molecule has 1 atom stereocenters. The van der Waals surface area contributed by atoms with E-state index in [1.54, 1.807) is 0 Å².